The van der Waals surface area contributed by atoms with Crippen LogP contribution in [0.4, 0.5) is 5.69 Å². The molecule has 0 spiro atoms. The van der Waals surface area contributed by atoms with E-state index in [1.165, 1.54) is 6.92 Å². The number of nitrogens with zero attached hydrogens (tertiary/aromatic N) is 1. The van der Waals surface area contributed by atoms with Gasteiger partial charge in [-0.15, -0.1) is 0 Å². The van der Waals surface area contributed by atoms with Gasteiger partial charge >= 0.3 is 0 Å². The fraction of sp³-hybridized carbons (Fsp3) is 0.556. The van der Waals surface area contributed by atoms with Gasteiger partial charge in [-0.1, -0.05) is 25.4 Å². The van der Waals surface area contributed by atoms with Gasteiger partial charge in [-0.2, -0.15) is 0 Å². The first kappa shape index (κ1) is 18.7. The number of halogens is 1. The molecule has 0 aliphatic heterocycles. The van der Waals surface area contributed by atoms with Gasteiger partial charge in [0.15, 0.2) is 0 Å². The van der Waals surface area contributed by atoms with Crippen LogP contribution in [0.3, 0.4) is 0 Å². The van der Waals surface area contributed by atoms with Crippen LogP contribution >= 0.6 is 11.6 Å². The summed E-state index contributed by atoms with van der Waals surface area (Å²) in [5, 5.41) is 3.33. The summed E-state index contributed by atoms with van der Waals surface area (Å²) in [4.78, 5) is 25.7. The molecule has 1 saturated carbocycles. The summed E-state index contributed by atoms with van der Waals surface area (Å²) in [6, 6.07) is 5.33. The third-order valence-electron chi connectivity index (χ3n) is 4.14. The number of nitrogens with one attached hydrogen (secondary N) is 1. The average molecular weight is 352 g/mol. The molecule has 6 heteroatoms. The van der Waals surface area contributed by atoms with Gasteiger partial charge in [0.1, 0.15) is 0 Å². The topological polar surface area (TPSA) is 75.4 Å². The molecule has 24 heavy (non-hydrogen) atoms. The standard InChI is InChI=1S/C18H26ClN3O2/c1-12(23)21-15-6-7-16(19)14(8-15)9-22(11-18(2,3)10-20)17(24)13-4-5-13/h6-8,13H,4-5,9-11,20H2,1-3H3,(H,21,23). The van der Waals surface area contributed by atoms with E-state index >= 15 is 0 Å². The summed E-state index contributed by atoms with van der Waals surface area (Å²) in [7, 11) is 0. The molecule has 1 aromatic rings. The smallest absolute Gasteiger partial charge is 0.226 e. The highest BCUT2D eigenvalue weighted by molar-refractivity contribution is 6.31. The molecule has 5 nitrogen and oxygen atoms in total. The van der Waals surface area contributed by atoms with Gasteiger partial charge in [-0.3, -0.25) is 9.59 Å². The van der Waals surface area contributed by atoms with Crippen LogP contribution in [-0.2, 0) is 16.1 Å². The molecule has 0 bridgehead atoms. The van der Waals surface area contributed by atoms with Crippen LogP contribution in [0.15, 0.2) is 18.2 Å². The van der Waals surface area contributed by atoms with Crippen molar-refractivity contribution in [1.29, 1.82) is 0 Å². The van der Waals surface area contributed by atoms with Crippen molar-refractivity contribution in [3.63, 3.8) is 0 Å². The van der Waals surface area contributed by atoms with Gasteiger partial charge in [0, 0.05) is 36.6 Å². The molecule has 132 valence electrons. The zero-order valence-corrected chi connectivity index (χ0v) is 15.3. The van der Waals surface area contributed by atoms with Crippen LogP contribution in [0.5, 0.6) is 0 Å². The number of carbonyl (C=O) groups excluding carboxylic acids is 2. The number of hydrogen-bond donors (Lipinski definition) is 2. The van der Waals surface area contributed by atoms with Crippen molar-refractivity contribution in [2.75, 3.05) is 18.4 Å². The van der Waals surface area contributed by atoms with E-state index in [1.807, 2.05) is 11.0 Å². The first-order valence-corrected chi connectivity index (χ1v) is 8.64. The number of anilines is 1. The summed E-state index contributed by atoms with van der Waals surface area (Å²) in [5.41, 5.74) is 7.18. The minimum atomic E-state index is -0.160. The Bertz CT molecular complexity index is 627. The van der Waals surface area contributed by atoms with Crippen molar-refractivity contribution in [3.05, 3.63) is 28.8 Å². The van der Waals surface area contributed by atoms with Crippen LogP contribution in [0.1, 0.15) is 39.2 Å². The predicted octanol–water partition coefficient (Wildman–Crippen LogP) is 3.02. The molecule has 0 unspecified atom stereocenters. The minimum absolute atomic E-state index is 0.135. The second-order valence-corrected chi connectivity index (χ2v) is 7.73. The van der Waals surface area contributed by atoms with Crippen LogP contribution < -0.4 is 11.1 Å². The molecule has 0 atom stereocenters. The van der Waals surface area contributed by atoms with Crippen molar-refractivity contribution in [2.24, 2.45) is 17.1 Å². The highest BCUT2D eigenvalue weighted by Gasteiger charge is 2.35. The largest absolute Gasteiger partial charge is 0.337 e. The number of rotatable bonds is 7. The van der Waals surface area contributed by atoms with Crippen molar-refractivity contribution >= 4 is 29.1 Å². The highest BCUT2D eigenvalue weighted by Crippen LogP contribution is 2.33. The Balaban J connectivity index is 2.21. The summed E-state index contributed by atoms with van der Waals surface area (Å²) in [6.07, 6.45) is 1.91. The zero-order valence-electron chi connectivity index (χ0n) is 14.6. The summed E-state index contributed by atoms with van der Waals surface area (Å²) < 4.78 is 0. The predicted molar refractivity (Wildman–Crippen MR) is 96.7 cm³/mol. The zero-order chi connectivity index (χ0) is 17.9. The van der Waals surface area contributed by atoms with E-state index in [9.17, 15) is 9.59 Å². The molecule has 0 radical (unpaired) electrons. The van der Waals surface area contributed by atoms with Crippen LogP contribution in [0.25, 0.3) is 0 Å². The van der Waals surface area contributed by atoms with Crippen molar-refractivity contribution in [1.82, 2.24) is 4.90 Å². The maximum absolute atomic E-state index is 12.6. The highest BCUT2D eigenvalue weighted by atomic mass is 35.5. The third kappa shape index (κ3) is 5.21. The maximum atomic E-state index is 12.6. The van der Waals surface area contributed by atoms with Crippen molar-refractivity contribution in [3.8, 4) is 0 Å². The number of amides is 2. The first-order chi connectivity index (χ1) is 11.2. The second kappa shape index (κ2) is 7.53. The molecule has 1 fully saturated rings. The van der Waals surface area contributed by atoms with Gasteiger partial charge in [0.05, 0.1) is 0 Å². The van der Waals surface area contributed by atoms with Gasteiger partial charge < -0.3 is 16.0 Å². The molecule has 1 aliphatic carbocycles. The number of carbonyl (C=O) groups is 2. The quantitative estimate of drug-likeness (QED) is 0.792. The van der Waals surface area contributed by atoms with E-state index in [0.29, 0.717) is 30.3 Å². The van der Waals surface area contributed by atoms with Crippen LogP contribution in [0, 0.1) is 11.3 Å². The Morgan fingerprint density at radius 2 is 2.04 bits per heavy atom. The molecule has 1 aromatic carbocycles. The Hall–Kier alpha value is -1.59. The van der Waals surface area contributed by atoms with Gasteiger partial charge in [-0.05, 0) is 48.6 Å². The lowest BCUT2D eigenvalue weighted by Crippen LogP contribution is -2.42. The molecule has 2 rings (SSSR count). The Labute approximate surface area is 148 Å². The monoisotopic (exact) mass is 351 g/mol. The number of nitrogens with two attached hydrogens (primary N) is 1. The fourth-order valence-electron chi connectivity index (χ4n) is 2.56. The molecule has 0 heterocycles. The van der Waals surface area contributed by atoms with Crippen LogP contribution in [-0.4, -0.2) is 29.8 Å². The molecule has 2 amide bonds. The first-order valence-electron chi connectivity index (χ1n) is 8.27. The molecule has 0 saturated heterocycles. The molecular weight excluding hydrogens is 326 g/mol. The lowest BCUT2D eigenvalue weighted by atomic mass is 9.92. The maximum Gasteiger partial charge on any atom is 0.226 e. The van der Waals surface area contributed by atoms with Gasteiger partial charge in [-0.25, -0.2) is 0 Å². The summed E-state index contributed by atoms with van der Waals surface area (Å²) in [5.74, 6) is 0.159. The van der Waals surface area contributed by atoms with E-state index in [4.69, 9.17) is 17.3 Å². The van der Waals surface area contributed by atoms with Gasteiger partial charge in [0.2, 0.25) is 11.8 Å². The molecular formula is C18H26ClN3O2. The fourth-order valence-corrected chi connectivity index (χ4v) is 2.74. The normalized spacial score (nSPS) is 14.4. The van der Waals surface area contributed by atoms with E-state index < -0.39 is 0 Å². The molecule has 1 aliphatic rings. The number of benzene rings is 1. The summed E-state index contributed by atoms with van der Waals surface area (Å²) >= 11 is 6.31. The van der Waals surface area contributed by atoms with Crippen molar-refractivity contribution < 1.29 is 9.59 Å². The van der Waals surface area contributed by atoms with E-state index in [-0.39, 0.29) is 23.1 Å². The lowest BCUT2D eigenvalue weighted by Gasteiger charge is -2.32. The van der Waals surface area contributed by atoms with E-state index in [2.05, 4.69) is 19.2 Å². The van der Waals surface area contributed by atoms with Crippen LogP contribution in [0.2, 0.25) is 5.02 Å². The van der Waals surface area contributed by atoms with Gasteiger partial charge in [0.25, 0.3) is 0 Å². The Morgan fingerprint density at radius 1 is 1.38 bits per heavy atom. The Kier molecular flexibility index (Phi) is 5.88. The summed E-state index contributed by atoms with van der Waals surface area (Å²) in [6.45, 7) is 7.07. The Morgan fingerprint density at radius 3 is 2.58 bits per heavy atom. The lowest BCUT2D eigenvalue weighted by molar-refractivity contribution is -0.134. The average Bonchev–Trinajstić information content (AvgIpc) is 3.33. The number of hydrogen-bond acceptors (Lipinski definition) is 3. The minimum Gasteiger partial charge on any atom is -0.337 e. The molecule has 0 aromatic heterocycles. The third-order valence-corrected chi connectivity index (χ3v) is 4.51. The SMILES string of the molecule is CC(=O)Nc1ccc(Cl)c(CN(CC(C)(C)CN)C(=O)C2CC2)c1. The van der Waals surface area contributed by atoms with Crippen molar-refractivity contribution in [2.45, 2.75) is 40.2 Å². The van der Waals surface area contributed by atoms with E-state index in [0.717, 1.165) is 18.4 Å². The van der Waals surface area contributed by atoms with E-state index in [1.54, 1.807) is 12.1 Å². The second-order valence-electron chi connectivity index (χ2n) is 7.32. The molecule has 3 N–H and O–H groups in total.